The second-order valence-electron chi connectivity index (χ2n) is 10.6. The molecular weight excluding hydrogens is 631 g/mol. The molecule has 1 aliphatic carbocycles. The first-order valence-corrected chi connectivity index (χ1v) is 15.5. The number of halogens is 4. The fourth-order valence-corrected chi connectivity index (χ4v) is 6.16. The van der Waals surface area contributed by atoms with Gasteiger partial charge in [0.15, 0.2) is 5.82 Å². The van der Waals surface area contributed by atoms with Crippen LogP contribution < -0.4 is 10.1 Å². The summed E-state index contributed by atoms with van der Waals surface area (Å²) >= 11 is 5.42. The number of rotatable bonds is 11. The zero-order valence-electron chi connectivity index (χ0n) is 23.0. The van der Waals surface area contributed by atoms with Crippen molar-refractivity contribution in [1.29, 1.82) is 0 Å². The average Bonchev–Trinajstić information content (AvgIpc) is 3.59. The molecule has 42 heavy (non-hydrogen) atoms. The summed E-state index contributed by atoms with van der Waals surface area (Å²) in [4.78, 5) is 2.07. The van der Waals surface area contributed by atoms with Gasteiger partial charge in [-0.2, -0.15) is 30.0 Å². The molecule has 1 fully saturated rings. The van der Waals surface area contributed by atoms with E-state index < -0.39 is 11.7 Å². The van der Waals surface area contributed by atoms with Gasteiger partial charge in [-0.25, -0.2) is 0 Å². The first kappa shape index (κ1) is 28.9. The van der Waals surface area contributed by atoms with Crippen molar-refractivity contribution in [1.82, 2.24) is 19.7 Å². The van der Waals surface area contributed by atoms with E-state index in [4.69, 9.17) is 9.15 Å². The monoisotopic (exact) mass is 659 g/mol. The highest BCUT2D eigenvalue weighted by molar-refractivity contribution is 9.10. The van der Waals surface area contributed by atoms with E-state index in [0.717, 1.165) is 80.8 Å². The van der Waals surface area contributed by atoms with E-state index in [1.165, 1.54) is 6.07 Å². The van der Waals surface area contributed by atoms with Crippen LogP contribution in [0.25, 0.3) is 21.8 Å². The molecule has 0 unspecified atom stereocenters. The third-order valence-corrected chi connectivity index (χ3v) is 8.52. The molecule has 5 aromatic rings. The van der Waals surface area contributed by atoms with Crippen molar-refractivity contribution in [3.05, 3.63) is 76.3 Å². The molecule has 1 aliphatic rings. The van der Waals surface area contributed by atoms with Crippen LogP contribution in [-0.2, 0) is 18.5 Å². The first-order valence-electron chi connectivity index (χ1n) is 13.5. The van der Waals surface area contributed by atoms with Gasteiger partial charge in [0.05, 0.1) is 51.6 Å². The zero-order valence-corrected chi connectivity index (χ0v) is 25.4. The molecule has 2 aromatic carbocycles. The van der Waals surface area contributed by atoms with Crippen molar-refractivity contribution < 1.29 is 22.3 Å². The summed E-state index contributed by atoms with van der Waals surface area (Å²) in [7, 11) is 4.02. The number of hydrogen-bond acceptors (Lipinski definition) is 7. The molecule has 3 aromatic heterocycles. The number of anilines is 2. The van der Waals surface area contributed by atoms with Crippen molar-refractivity contribution in [2.75, 3.05) is 31.8 Å². The number of furan rings is 1. The molecule has 1 N–H and O–H groups in total. The average molecular weight is 661 g/mol. The van der Waals surface area contributed by atoms with Crippen molar-refractivity contribution >= 4 is 61.0 Å². The van der Waals surface area contributed by atoms with Crippen LogP contribution in [-0.4, -0.2) is 46.1 Å². The zero-order chi connectivity index (χ0) is 29.4. The molecule has 0 saturated heterocycles. The van der Waals surface area contributed by atoms with Gasteiger partial charge in [-0.3, -0.25) is 0 Å². The second kappa shape index (κ2) is 11.8. The summed E-state index contributed by atoms with van der Waals surface area (Å²) in [5.41, 5.74) is 1.43. The summed E-state index contributed by atoms with van der Waals surface area (Å²) in [6.45, 7) is 1.26. The van der Waals surface area contributed by atoms with Crippen LogP contribution >= 0.6 is 27.7 Å². The lowest BCUT2D eigenvalue weighted by Gasteiger charge is -2.11. The van der Waals surface area contributed by atoms with E-state index in [1.807, 2.05) is 38.4 Å². The molecule has 3 heterocycles. The molecule has 1 saturated carbocycles. The lowest BCUT2D eigenvalue weighted by Crippen LogP contribution is -2.09. The van der Waals surface area contributed by atoms with Gasteiger partial charge in [-0.1, -0.05) is 6.07 Å². The van der Waals surface area contributed by atoms with Gasteiger partial charge in [0.25, 0.3) is 0 Å². The number of aromatic nitrogens is 3. The van der Waals surface area contributed by atoms with Crippen molar-refractivity contribution in [3.63, 3.8) is 0 Å². The quantitative estimate of drug-likeness (QED) is 0.143. The van der Waals surface area contributed by atoms with Crippen LogP contribution in [0.2, 0.25) is 0 Å². The Morgan fingerprint density at radius 2 is 1.93 bits per heavy atom. The lowest BCUT2D eigenvalue weighted by molar-refractivity contribution is -0.137. The Hall–Kier alpha value is -3.22. The van der Waals surface area contributed by atoms with Crippen LogP contribution in [0, 0.1) is 0 Å². The number of hydrogen-bond donors (Lipinski definition) is 1. The molecular formula is C30H29BrF3N5O2S. The summed E-state index contributed by atoms with van der Waals surface area (Å²) in [6, 6.07) is 13.5. The molecule has 12 heteroatoms. The second-order valence-corrected chi connectivity index (χ2v) is 12.5. The number of ether oxygens (including phenoxy) is 1. The molecule has 0 bridgehead atoms. The SMILES string of the molecule is CN(C)Cc1ccc(CSCCOc2cc3c4c(Nc5cccc(C(F)(F)F)c5)nncc4n(C4CC4)c3cc2Br)o1. The Kier molecular flexibility index (Phi) is 8.12. The number of thioether (sulfide) groups is 1. The highest BCUT2D eigenvalue weighted by atomic mass is 79.9. The number of alkyl halides is 3. The molecule has 0 amide bonds. The molecule has 6 rings (SSSR count). The highest BCUT2D eigenvalue weighted by Gasteiger charge is 2.31. The number of fused-ring (bicyclic) bond motifs is 3. The maximum absolute atomic E-state index is 13.3. The lowest BCUT2D eigenvalue weighted by atomic mass is 10.1. The van der Waals surface area contributed by atoms with Crippen molar-refractivity contribution in [3.8, 4) is 5.75 Å². The molecule has 0 atom stereocenters. The van der Waals surface area contributed by atoms with E-state index in [0.29, 0.717) is 24.2 Å². The minimum absolute atomic E-state index is 0.287. The summed E-state index contributed by atoms with van der Waals surface area (Å²) < 4.78 is 55.2. The highest BCUT2D eigenvalue weighted by Crippen LogP contribution is 2.46. The van der Waals surface area contributed by atoms with E-state index in [-0.39, 0.29) is 5.69 Å². The van der Waals surface area contributed by atoms with Crippen LogP contribution in [0.3, 0.4) is 0 Å². The maximum Gasteiger partial charge on any atom is 0.416 e. The van der Waals surface area contributed by atoms with Crippen LogP contribution in [0.4, 0.5) is 24.7 Å². The fraction of sp³-hybridized carbons (Fsp3) is 0.333. The van der Waals surface area contributed by atoms with Crippen molar-refractivity contribution in [2.24, 2.45) is 0 Å². The van der Waals surface area contributed by atoms with E-state index in [9.17, 15) is 13.2 Å². The fourth-order valence-electron chi connectivity index (χ4n) is 5.01. The Balaban J connectivity index is 1.24. The Labute approximate surface area is 253 Å². The Morgan fingerprint density at radius 1 is 1.12 bits per heavy atom. The summed E-state index contributed by atoms with van der Waals surface area (Å²) in [5, 5.41) is 13.3. The van der Waals surface area contributed by atoms with E-state index in [2.05, 4.69) is 40.9 Å². The van der Waals surface area contributed by atoms with Crippen LogP contribution in [0.15, 0.2) is 63.6 Å². The van der Waals surface area contributed by atoms with Gasteiger partial charge < -0.3 is 23.9 Å². The third-order valence-electron chi connectivity index (χ3n) is 6.95. The maximum atomic E-state index is 13.3. The normalized spacial score (nSPS) is 13.9. The van der Waals surface area contributed by atoms with Gasteiger partial charge in [0, 0.05) is 22.9 Å². The van der Waals surface area contributed by atoms with E-state index in [1.54, 1.807) is 24.0 Å². The predicted molar refractivity (Wildman–Crippen MR) is 163 cm³/mol. The topological polar surface area (TPSA) is 68.3 Å². The molecule has 0 spiro atoms. The van der Waals surface area contributed by atoms with Crippen molar-refractivity contribution in [2.45, 2.75) is 37.4 Å². The van der Waals surface area contributed by atoms with Crippen LogP contribution in [0.5, 0.6) is 5.75 Å². The van der Waals surface area contributed by atoms with Gasteiger partial charge in [-0.05, 0) is 85.3 Å². The summed E-state index contributed by atoms with van der Waals surface area (Å²) in [5.74, 6) is 4.49. The molecule has 0 radical (unpaired) electrons. The number of benzene rings is 2. The van der Waals surface area contributed by atoms with Gasteiger partial charge in [-0.15, -0.1) is 5.10 Å². The van der Waals surface area contributed by atoms with Crippen LogP contribution in [0.1, 0.15) is 36.0 Å². The number of nitrogens with zero attached hydrogens (tertiary/aromatic N) is 4. The van der Waals surface area contributed by atoms with E-state index >= 15 is 0 Å². The standard InChI is InChI=1S/C30H29BrF3N5O2S/c1-38(2)16-21-8-9-22(41-21)17-42-11-10-40-27-13-23-25(14-24(27)31)39(20-6-7-20)26-15-35-37-29(28(23)26)36-19-5-3-4-18(12-19)30(32,33)34/h3-5,8-9,12-15,20H,6-7,10-11,16-17H2,1-2H3,(H,36,37). The molecule has 220 valence electrons. The molecule has 7 nitrogen and oxygen atoms in total. The van der Waals surface area contributed by atoms with Gasteiger partial charge in [0.1, 0.15) is 17.3 Å². The smallest absolute Gasteiger partial charge is 0.416 e. The minimum Gasteiger partial charge on any atom is -0.492 e. The summed E-state index contributed by atoms with van der Waals surface area (Å²) in [6.07, 6.45) is -0.621. The Morgan fingerprint density at radius 3 is 2.69 bits per heavy atom. The van der Waals surface area contributed by atoms with Gasteiger partial charge >= 0.3 is 6.18 Å². The first-order chi connectivity index (χ1) is 20.2. The largest absolute Gasteiger partial charge is 0.492 e. The number of nitrogens with one attached hydrogen (secondary N) is 1. The minimum atomic E-state index is -4.44. The predicted octanol–water partition coefficient (Wildman–Crippen LogP) is 8.41. The van der Waals surface area contributed by atoms with Gasteiger partial charge in [0.2, 0.25) is 0 Å². The molecule has 0 aliphatic heterocycles. The third kappa shape index (κ3) is 6.25. The Bertz CT molecular complexity index is 1730.